The van der Waals surface area contributed by atoms with Crippen molar-refractivity contribution in [3.8, 4) is 0 Å². The summed E-state index contributed by atoms with van der Waals surface area (Å²) in [6.45, 7) is 5.43. The van der Waals surface area contributed by atoms with Crippen LogP contribution in [0.1, 0.15) is 25.3 Å². The average molecular weight is 369 g/mol. The fourth-order valence-electron chi connectivity index (χ4n) is 3.93. The highest BCUT2D eigenvalue weighted by Crippen LogP contribution is 2.29. The van der Waals surface area contributed by atoms with Gasteiger partial charge in [0.15, 0.2) is 0 Å². The number of rotatable bonds is 6. The van der Waals surface area contributed by atoms with Crippen LogP contribution in [0.15, 0.2) is 24.3 Å². The van der Waals surface area contributed by atoms with Gasteiger partial charge in [0.25, 0.3) is 0 Å². The summed E-state index contributed by atoms with van der Waals surface area (Å²) in [5.41, 5.74) is 1.12. The van der Waals surface area contributed by atoms with Crippen LogP contribution in [0.5, 0.6) is 0 Å². The van der Waals surface area contributed by atoms with Crippen LogP contribution in [-0.2, 0) is 11.3 Å². The zero-order valence-electron chi connectivity index (χ0n) is 14.8. The van der Waals surface area contributed by atoms with Crippen molar-refractivity contribution >= 4 is 11.6 Å². The molecule has 4 atom stereocenters. The first-order valence-electron chi connectivity index (χ1n) is 9.22. The molecular formula is C19H29ClN2O3. The summed E-state index contributed by atoms with van der Waals surface area (Å²) in [6.07, 6.45) is 1.03. The summed E-state index contributed by atoms with van der Waals surface area (Å²) in [4.78, 5) is 2.34. The molecule has 0 aliphatic carbocycles. The number of halogens is 1. The largest absolute Gasteiger partial charge is 0.394 e. The van der Waals surface area contributed by atoms with Gasteiger partial charge in [-0.05, 0) is 49.5 Å². The summed E-state index contributed by atoms with van der Waals surface area (Å²) in [5, 5.41) is 24.3. The van der Waals surface area contributed by atoms with Gasteiger partial charge in [0.05, 0.1) is 18.8 Å². The predicted molar refractivity (Wildman–Crippen MR) is 98.7 cm³/mol. The van der Waals surface area contributed by atoms with Crippen LogP contribution in [0.4, 0.5) is 0 Å². The van der Waals surface area contributed by atoms with Gasteiger partial charge in [0, 0.05) is 18.1 Å². The Hall–Kier alpha value is -0.690. The van der Waals surface area contributed by atoms with Gasteiger partial charge < -0.3 is 20.3 Å². The molecule has 2 aliphatic heterocycles. The molecule has 5 nitrogen and oxygen atoms in total. The molecule has 4 unspecified atom stereocenters. The molecule has 2 saturated heterocycles. The molecule has 2 heterocycles. The first kappa shape index (κ1) is 19.1. The number of nitrogens with one attached hydrogen (secondary N) is 1. The van der Waals surface area contributed by atoms with Crippen LogP contribution < -0.4 is 5.32 Å². The van der Waals surface area contributed by atoms with E-state index in [2.05, 4.69) is 17.1 Å². The van der Waals surface area contributed by atoms with Crippen molar-refractivity contribution in [1.82, 2.24) is 10.2 Å². The Bertz CT molecular complexity index is 551. The first-order chi connectivity index (χ1) is 12.1. The number of ether oxygens (including phenoxy) is 1. The Morgan fingerprint density at radius 2 is 2.04 bits per heavy atom. The number of aliphatic hydroxyl groups is 2. The molecule has 3 rings (SSSR count). The second kappa shape index (κ2) is 8.80. The highest BCUT2D eigenvalue weighted by atomic mass is 35.5. The van der Waals surface area contributed by atoms with Gasteiger partial charge in [0.1, 0.15) is 12.2 Å². The Balaban J connectivity index is 1.59. The van der Waals surface area contributed by atoms with Crippen LogP contribution in [0, 0.1) is 5.92 Å². The van der Waals surface area contributed by atoms with Gasteiger partial charge in [-0.25, -0.2) is 0 Å². The van der Waals surface area contributed by atoms with E-state index in [9.17, 15) is 10.2 Å². The standard InChI is InChI=1S/C19H29ClN2O3/c1-13-5-7-22(8-6-13)18-16(25-17(12-23)19(18)24)11-21-10-14-3-2-4-15(20)9-14/h2-4,9,13,16-19,21,23-24H,5-8,10-12H2,1H3. The van der Waals surface area contributed by atoms with E-state index >= 15 is 0 Å². The van der Waals surface area contributed by atoms with Gasteiger partial charge in [-0.2, -0.15) is 0 Å². The number of aliphatic hydroxyl groups excluding tert-OH is 2. The van der Waals surface area contributed by atoms with Crippen molar-refractivity contribution in [2.24, 2.45) is 5.92 Å². The van der Waals surface area contributed by atoms with E-state index in [0.717, 1.165) is 42.4 Å². The second-order valence-corrected chi connectivity index (χ2v) is 7.79. The number of hydrogen-bond donors (Lipinski definition) is 3. The lowest BCUT2D eigenvalue weighted by atomic mass is 9.94. The van der Waals surface area contributed by atoms with Gasteiger partial charge in [0.2, 0.25) is 0 Å². The second-order valence-electron chi connectivity index (χ2n) is 7.36. The van der Waals surface area contributed by atoms with Crippen molar-refractivity contribution in [1.29, 1.82) is 0 Å². The van der Waals surface area contributed by atoms with Crippen molar-refractivity contribution in [3.05, 3.63) is 34.9 Å². The van der Waals surface area contributed by atoms with E-state index in [1.165, 1.54) is 0 Å². The lowest BCUT2D eigenvalue weighted by molar-refractivity contribution is -0.0213. The Labute approximate surface area is 154 Å². The predicted octanol–water partition coefficient (Wildman–Crippen LogP) is 1.65. The molecule has 2 fully saturated rings. The molecule has 1 aromatic carbocycles. The molecule has 140 valence electrons. The molecule has 0 amide bonds. The Morgan fingerprint density at radius 1 is 1.28 bits per heavy atom. The topological polar surface area (TPSA) is 65.0 Å². The first-order valence-corrected chi connectivity index (χ1v) is 9.60. The zero-order chi connectivity index (χ0) is 17.8. The maximum Gasteiger partial charge on any atom is 0.109 e. The number of benzene rings is 1. The van der Waals surface area contributed by atoms with Crippen molar-refractivity contribution in [3.63, 3.8) is 0 Å². The van der Waals surface area contributed by atoms with Crippen LogP contribution in [0.25, 0.3) is 0 Å². The van der Waals surface area contributed by atoms with Gasteiger partial charge >= 0.3 is 0 Å². The summed E-state index contributed by atoms with van der Waals surface area (Å²) < 4.78 is 5.95. The molecule has 25 heavy (non-hydrogen) atoms. The highest BCUT2D eigenvalue weighted by molar-refractivity contribution is 6.30. The number of piperidine rings is 1. The molecule has 6 heteroatoms. The van der Waals surface area contributed by atoms with Crippen LogP contribution in [0.2, 0.25) is 5.02 Å². The van der Waals surface area contributed by atoms with E-state index < -0.39 is 12.2 Å². The van der Waals surface area contributed by atoms with Gasteiger partial charge in [-0.15, -0.1) is 0 Å². The molecule has 2 aliphatic rings. The number of likely N-dealkylation sites (tertiary alicyclic amines) is 1. The molecule has 1 aromatic rings. The SMILES string of the molecule is CC1CCN(C2C(CNCc3cccc(Cl)c3)OC(CO)C2O)CC1. The third-order valence-corrected chi connectivity index (χ3v) is 5.68. The summed E-state index contributed by atoms with van der Waals surface area (Å²) >= 11 is 6.02. The summed E-state index contributed by atoms with van der Waals surface area (Å²) in [7, 11) is 0. The Kier molecular flexibility index (Phi) is 6.72. The molecular weight excluding hydrogens is 340 g/mol. The van der Waals surface area contributed by atoms with E-state index in [0.29, 0.717) is 13.1 Å². The zero-order valence-corrected chi connectivity index (χ0v) is 15.5. The molecule has 0 radical (unpaired) electrons. The lowest BCUT2D eigenvalue weighted by Crippen LogP contribution is -2.53. The maximum absolute atomic E-state index is 10.6. The van der Waals surface area contributed by atoms with Crippen LogP contribution >= 0.6 is 11.6 Å². The maximum atomic E-state index is 10.6. The normalized spacial score (nSPS) is 31.5. The number of nitrogens with zero attached hydrogens (tertiary/aromatic N) is 1. The summed E-state index contributed by atoms with van der Waals surface area (Å²) in [6, 6.07) is 7.72. The Morgan fingerprint density at radius 3 is 2.72 bits per heavy atom. The average Bonchev–Trinajstić information content (AvgIpc) is 2.92. The molecule has 0 spiro atoms. The van der Waals surface area contributed by atoms with Gasteiger partial charge in [-0.3, -0.25) is 4.90 Å². The van der Waals surface area contributed by atoms with Crippen LogP contribution in [0.3, 0.4) is 0 Å². The van der Waals surface area contributed by atoms with Crippen molar-refractivity contribution in [2.45, 2.75) is 50.7 Å². The van der Waals surface area contributed by atoms with E-state index in [1.807, 2.05) is 24.3 Å². The molecule has 3 N–H and O–H groups in total. The van der Waals surface area contributed by atoms with Crippen molar-refractivity contribution in [2.75, 3.05) is 26.2 Å². The lowest BCUT2D eigenvalue weighted by Gasteiger charge is -2.38. The molecule has 0 aromatic heterocycles. The minimum absolute atomic E-state index is 0.0588. The minimum Gasteiger partial charge on any atom is -0.394 e. The fourth-order valence-corrected chi connectivity index (χ4v) is 4.14. The fraction of sp³-hybridized carbons (Fsp3) is 0.684. The quantitative estimate of drug-likeness (QED) is 0.712. The van der Waals surface area contributed by atoms with E-state index in [1.54, 1.807) is 0 Å². The van der Waals surface area contributed by atoms with Crippen LogP contribution in [-0.4, -0.2) is 65.7 Å². The third-order valence-electron chi connectivity index (χ3n) is 5.44. The smallest absolute Gasteiger partial charge is 0.109 e. The monoisotopic (exact) mass is 368 g/mol. The molecule has 0 saturated carbocycles. The van der Waals surface area contributed by atoms with E-state index in [-0.39, 0.29) is 18.8 Å². The van der Waals surface area contributed by atoms with Gasteiger partial charge in [-0.1, -0.05) is 30.7 Å². The third kappa shape index (κ3) is 4.73. The highest BCUT2D eigenvalue weighted by Gasteiger charge is 2.46. The molecule has 0 bridgehead atoms. The van der Waals surface area contributed by atoms with Crippen molar-refractivity contribution < 1.29 is 14.9 Å². The van der Waals surface area contributed by atoms with E-state index in [4.69, 9.17) is 16.3 Å². The summed E-state index contributed by atoms with van der Waals surface area (Å²) in [5.74, 6) is 0.740. The number of hydrogen-bond acceptors (Lipinski definition) is 5. The minimum atomic E-state index is -0.642.